The number of hydrogen-bond donors (Lipinski definition) is 0. The minimum atomic E-state index is -0.285. The average Bonchev–Trinajstić information content (AvgIpc) is 3.34. The Labute approximate surface area is 186 Å². The topological polar surface area (TPSA) is 69.5 Å². The van der Waals surface area contributed by atoms with Crippen LogP contribution >= 0.6 is 11.8 Å². The number of thioether (sulfide) groups is 1. The van der Waals surface area contributed by atoms with E-state index in [1.165, 1.54) is 5.56 Å². The van der Waals surface area contributed by atoms with E-state index < -0.39 is 0 Å². The van der Waals surface area contributed by atoms with Crippen LogP contribution in [-0.2, 0) is 6.42 Å². The van der Waals surface area contributed by atoms with Gasteiger partial charge in [0.1, 0.15) is 18.7 Å². The van der Waals surface area contributed by atoms with E-state index >= 15 is 0 Å². The number of ether oxygens (including phenoxy) is 1. The maximum Gasteiger partial charge on any atom is 0.415 e. The summed E-state index contributed by atoms with van der Waals surface area (Å²) in [6.45, 7) is 1.98. The summed E-state index contributed by atoms with van der Waals surface area (Å²) in [5.74, 6) is 1.96. The minimum absolute atomic E-state index is 0.285. The smallest absolute Gasteiger partial charge is 0.413 e. The molecule has 162 valence electrons. The zero-order valence-corrected chi connectivity index (χ0v) is 18.1. The third-order valence-electron chi connectivity index (χ3n) is 5.22. The van der Waals surface area contributed by atoms with E-state index in [-0.39, 0.29) is 6.09 Å². The van der Waals surface area contributed by atoms with Crippen LogP contribution in [0.25, 0.3) is 0 Å². The number of benzene rings is 1. The Morgan fingerprint density at radius 2 is 1.94 bits per heavy atom. The van der Waals surface area contributed by atoms with Crippen molar-refractivity contribution in [2.45, 2.75) is 24.3 Å². The first-order valence-electron chi connectivity index (χ1n) is 10.5. The summed E-state index contributed by atoms with van der Waals surface area (Å²) in [5.41, 5.74) is 1.21. The maximum atomic E-state index is 12.5. The second-order valence-corrected chi connectivity index (χ2v) is 8.54. The Hall–Kier alpha value is -3.00. The molecular formula is C23H26N4O3S. The predicted octanol–water partition coefficient (Wildman–Crippen LogP) is 3.95. The number of imidazole rings is 1. The third kappa shape index (κ3) is 6.49. The molecule has 0 saturated carbocycles. The fourth-order valence-corrected chi connectivity index (χ4v) is 4.25. The molecule has 0 bridgehead atoms. The van der Waals surface area contributed by atoms with Crippen molar-refractivity contribution in [3.63, 3.8) is 0 Å². The van der Waals surface area contributed by atoms with Crippen LogP contribution in [0.15, 0.2) is 72.4 Å². The van der Waals surface area contributed by atoms with Crippen molar-refractivity contribution >= 4 is 17.9 Å². The molecule has 1 saturated heterocycles. The SMILES string of the molecule is O=C(Oc1ccc(CCSc2ccccn2)cc1)N1CCC(COn2ccnc2)CC1. The van der Waals surface area contributed by atoms with Crippen molar-refractivity contribution < 1.29 is 14.4 Å². The lowest BCUT2D eigenvalue weighted by molar-refractivity contribution is 0.0541. The van der Waals surface area contributed by atoms with Crippen molar-refractivity contribution in [1.29, 1.82) is 0 Å². The van der Waals surface area contributed by atoms with Gasteiger partial charge in [0, 0.05) is 31.2 Å². The normalized spacial score (nSPS) is 14.4. The van der Waals surface area contributed by atoms with Crippen LogP contribution in [0.1, 0.15) is 18.4 Å². The van der Waals surface area contributed by atoms with Crippen LogP contribution < -0.4 is 9.57 Å². The minimum Gasteiger partial charge on any atom is -0.413 e. The van der Waals surface area contributed by atoms with Gasteiger partial charge in [-0.2, -0.15) is 4.73 Å². The summed E-state index contributed by atoms with van der Waals surface area (Å²) in [7, 11) is 0. The Bertz CT molecular complexity index is 927. The number of aryl methyl sites for hydroxylation is 1. The summed E-state index contributed by atoms with van der Waals surface area (Å²) in [5, 5.41) is 1.03. The lowest BCUT2D eigenvalue weighted by Gasteiger charge is -2.30. The van der Waals surface area contributed by atoms with Crippen LogP contribution in [0.5, 0.6) is 5.75 Å². The van der Waals surface area contributed by atoms with Crippen molar-refractivity contribution in [3.05, 3.63) is 72.9 Å². The van der Waals surface area contributed by atoms with Crippen molar-refractivity contribution in [2.75, 3.05) is 25.4 Å². The standard InChI is InChI=1S/C23H26N4O3S/c28-23(26-13-8-20(9-14-26)17-29-27-15-12-24-18-27)30-21-6-4-19(5-7-21)10-16-31-22-3-1-2-11-25-22/h1-7,11-12,15,18,20H,8-10,13-14,16-17H2. The maximum absolute atomic E-state index is 12.5. The van der Waals surface area contributed by atoms with E-state index in [2.05, 4.69) is 9.97 Å². The average molecular weight is 439 g/mol. The number of rotatable bonds is 8. The van der Waals surface area contributed by atoms with Crippen LogP contribution in [0.3, 0.4) is 0 Å². The number of nitrogens with zero attached hydrogens (tertiary/aromatic N) is 4. The van der Waals surface area contributed by atoms with Gasteiger partial charge in [-0.05, 0) is 55.0 Å². The third-order valence-corrected chi connectivity index (χ3v) is 6.16. The number of likely N-dealkylation sites (tertiary alicyclic amines) is 1. The fraction of sp³-hybridized carbons (Fsp3) is 0.348. The van der Waals surface area contributed by atoms with E-state index in [4.69, 9.17) is 9.57 Å². The summed E-state index contributed by atoms with van der Waals surface area (Å²) in [6, 6.07) is 13.7. The molecule has 31 heavy (non-hydrogen) atoms. The number of carbonyl (C=O) groups is 1. The largest absolute Gasteiger partial charge is 0.415 e. The number of hydrogen-bond acceptors (Lipinski definition) is 6. The summed E-state index contributed by atoms with van der Waals surface area (Å²) >= 11 is 1.74. The van der Waals surface area contributed by atoms with Gasteiger partial charge in [-0.25, -0.2) is 14.8 Å². The number of aromatic nitrogens is 3. The van der Waals surface area contributed by atoms with Crippen molar-refractivity contribution in [1.82, 2.24) is 19.6 Å². The molecule has 0 radical (unpaired) electrons. The summed E-state index contributed by atoms with van der Waals surface area (Å²) in [4.78, 5) is 28.2. The molecule has 3 aromatic rings. The number of amides is 1. The van der Waals surface area contributed by atoms with Gasteiger partial charge < -0.3 is 14.5 Å². The molecule has 1 aliphatic heterocycles. The molecular weight excluding hydrogens is 412 g/mol. The molecule has 0 aliphatic carbocycles. The first-order chi connectivity index (χ1) is 15.3. The fourth-order valence-electron chi connectivity index (χ4n) is 3.39. The Kier molecular flexibility index (Phi) is 7.44. The highest BCUT2D eigenvalue weighted by Crippen LogP contribution is 2.21. The summed E-state index contributed by atoms with van der Waals surface area (Å²) in [6.07, 6.45) is 9.36. The molecule has 0 unspecified atom stereocenters. The molecule has 4 rings (SSSR count). The number of carbonyl (C=O) groups excluding carboxylic acids is 1. The van der Waals surface area contributed by atoms with Crippen LogP contribution in [-0.4, -0.2) is 51.1 Å². The molecule has 8 heteroatoms. The molecule has 0 N–H and O–H groups in total. The van der Waals surface area contributed by atoms with Gasteiger partial charge in [0.25, 0.3) is 0 Å². The molecule has 1 aliphatic rings. The summed E-state index contributed by atoms with van der Waals surface area (Å²) < 4.78 is 7.18. The molecule has 7 nitrogen and oxygen atoms in total. The number of piperidine rings is 1. The van der Waals surface area contributed by atoms with Crippen LogP contribution in [0, 0.1) is 5.92 Å². The zero-order valence-electron chi connectivity index (χ0n) is 17.3. The molecule has 0 spiro atoms. The van der Waals surface area contributed by atoms with Crippen molar-refractivity contribution in [2.24, 2.45) is 5.92 Å². The second-order valence-electron chi connectivity index (χ2n) is 7.43. The highest BCUT2D eigenvalue weighted by atomic mass is 32.2. The first kappa shape index (κ1) is 21.2. The monoisotopic (exact) mass is 438 g/mol. The van der Waals surface area contributed by atoms with Crippen LogP contribution in [0.4, 0.5) is 4.79 Å². The lowest BCUT2D eigenvalue weighted by Crippen LogP contribution is -2.41. The van der Waals surface area contributed by atoms with Crippen molar-refractivity contribution in [3.8, 4) is 5.75 Å². The second kappa shape index (κ2) is 10.9. The molecule has 1 aromatic carbocycles. The first-order valence-corrected chi connectivity index (χ1v) is 11.5. The highest BCUT2D eigenvalue weighted by molar-refractivity contribution is 7.99. The van der Waals surface area contributed by atoms with E-state index in [9.17, 15) is 4.79 Å². The lowest BCUT2D eigenvalue weighted by atomic mass is 9.98. The highest BCUT2D eigenvalue weighted by Gasteiger charge is 2.24. The van der Waals surface area contributed by atoms with Gasteiger partial charge in [-0.3, -0.25) is 0 Å². The van der Waals surface area contributed by atoms with E-state index in [1.54, 1.807) is 40.1 Å². The van der Waals surface area contributed by atoms with E-state index in [0.29, 0.717) is 31.4 Å². The quantitative estimate of drug-likeness (QED) is 0.496. The van der Waals surface area contributed by atoms with Gasteiger partial charge in [0.15, 0.2) is 0 Å². The Morgan fingerprint density at radius 3 is 2.65 bits per heavy atom. The molecule has 1 amide bonds. The van der Waals surface area contributed by atoms with Gasteiger partial charge in [-0.1, -0.05) is 18.2 Å². The van der Waals surface area contributed by atoms with Gasteiger partial charge >= 0.3 is 6.09 Å². The zero-order chi connectivity index (χ0) is 21.3. The Morgan fingerprint density at radius 1 is 1.10 bits per heavy atom. The molecule has 3 heterocycles. The Balaban J connectivity index is 1.16. The molecule has 1 fully saturated rings. The van der Waals surface area contributed by atoms with Crippen LogP contribution in [0.2, 0.25) is 0 Å². The van der Waals surface area contributed by atoms with Gasteiger partial charge in [0.05, 0.1) is 11.2 Å². The van der Waals surface area contributed by atoms with Gasteiger partial charge in [0.2, 0.25) is 0 Å². The van der Waals surface area contributed by atoms with E-state index in [1.807, 2.05) is 48.7 Å². The molecule has 0 atom stereocenters. The van der Waals surface area contributed by atoms with Gasteiger partial charge in [-0.15, -0.1) is 11.8 Å². The number of pyridine rings is 1. The molecule has 2 aromatic heterocycles. The predicted molar refractivity (Wildman–Crippen MR) is 119 cm³/mol. The van der Waals surface area contributed by atoms with E-state index in [0.717, 1.165) is 30.0 Å².